The van der Waals surface area contributed by atoms with E-state index in [2.05, 4.69) is 43.4 Å². The molecule has 2 heteroatoms. The number of aliphatic hydroxyl groups excluding tert-OH is 1. The minimum atomic E-state index is 0.240. The number of hydrogen-bond donors (Lipinski definition) is 2. The first-order chi connectivity index (χ1) is 8.22. The van der Waals surface area contributed by atoms with Gasteiger partial charge in [-0.1, -0.05) is 38.1 Å². The van der Waals surface area contributed by atoms with E-state index in [0.29, 0.717) is 11.8 Å². The molecule has 94 valence electrons. The largest absolute Gasteiger partial charge is 0.396 e. The fraction of sp³-hybridized carbons (Fsp3) is 0.600. The first kappa shape index (κ1) is 12.6. The molecule has 1 saturated heterocycles. The van der Waals surface area contributed by atoms with Gasteiger partial charge in [0, 0.05) is 12.5 Å². The monoisotopic (exact) mass is 233 g/mol. The number of rotatable bonds is 4. The van der Waals surface area contributed by atoms with Gasteiger partial charge in [0.15, 0.2) is 0 Å². The summed E-state index contributed by atoms with van der Waals surface area (Å²) in [4.78, 5) is 0. The third-order valence-electron chi connectivity index (χ3n) is 3.87. The second kappa shape index (κ2) is 5.65. The maximum atomic E-state index is 9.49. The number of benzene rings is 1. The van der Waals surface area contributed by atoms with Gasteiger partial charge in [0.1, 0.15) is 0 Å². The molecule has 0 aliphatic carbocycles. The van der Waals surface area contributed by atoms with Crippen molar-refractivity contribution in [3.63, 3.8) is 0 Å². The molecule has 2 unspecified atom stereocenters. The highest BCUT2D eigenvalue weighted by atomic mass is 16.3. The summed E-state index contributed by atoms with van der Waals surface area (Å²) in [5, 5.41) is 12.9. The molecule has 0 saturated carbocycles. The highest BCUT2D eigenvalue weighted by Gasteiger charge is 2.19. The van der Waals surface area contributed by atoms with Crippen LogP contribution in [0.2, 0.25) is 0 Å². The lowest BCUT2D eigenvalue weighted by Gasteiger charge is -2.20. The second-order valence-corrected chi connectivity index (χ2v) is 5.39. The Kier molecular flexibility index (Phi) is 4.19. The summed E-state index contributed by atoms with van der Waals surface area (Å²) in [6.07, 6.45) is 1.23. The van der Waals surface area contributed by atoms with Gasteiger partial charge in [0.25, 0.3) is 0 Å². The average molecular weight is 233 g/mol. The van der Waals surface area contributed by atoms with Crippen LogP contribution in [0.25, 0.3) is 0 Å². The van der Waals surface area contributed by atoms with Crippen LogP contribution < -0.4 is 5.32 Å². The second-order valence-electron chi connectivity index (χ2n) is 5.39. The minimum absolute atomic E-state index is 0.240. The smallest absolute Gasteiger partial charge is 0.0502 e. The lowest BCUT2D eigenvalue weighted by molar-refractivity contribution is 0.237. The van der Waals surface area contributed by atoms with Crippen LogP contribution in [0.15, 0.2) is 24.3 Å². The summed E-state index contributed by atoms with van der Waals surface area (Å²) in [6.45, 7) is 6.80. The van der Waals surface area contributed by atoms with Crippen LogP contribution in [0.3, 0.4) is 0 Å². The summed E-state index contributed by atoms with van der Waals surface area (Å²) >= 11 is 0. The maximum Gasteiger partial charge on any atom is 0.0502 e. The van der Waals surface area contributed by atoms with E-state index < -0.39 is 0 Å². The topological polar surface area (TPSA) is 32.3 Å². The van der Waals surface area contributed by atoms with Crippen molar-refractivity contribution in [3.05, 3.63) is 35.4 Å². The molecule has 2 rings (SSSR count). The fourth-order valence-electron chi connectivity index (χ4n) is 2.68. The molecule has 1 aliphatic heterocycles. The molecule has 2 N–H and O–H groups in total. The van der Waals surface area contributed by atoms with Crippen LogP contribution in [-0.2, 0) is 0 Å². The Bertz CT molecular complexity index is 356. The van der Waals surface area contributed by atoms with Crippen molar-refractivity contribution in [3.8, 4) is 0 Å². The van der Waals surface area contributed by atoms with E-state index in [4.69, 9.17) is 0 Å². The third-order valence-corrected chi connectivity index (χ3v) is 3.87. The van der Waals surface area contributed by atoms with E-state index in [0.717, 1.165) is 13.1 Å². The van der Waals surface area contributed by atoms with E-state index in [9.17, 15) is 5.11 Å². The Balaban J connectivity index is 2.20. The van der Waals surface area contributed by atoms with Crippen LogP contribution in [0.1, 0.15) is 43.2 Å². The van der Waals surface area contributed by atoms with Gasteiger partial charge in [-0.05, 0) is 35.9 Å². The molecule has 0 bridgehead atoms. The number of hydrogen-bond acceptors (Lipinski definition) is 2. The quantitative estimate of drug-likeness (QED) is 0.837. The Morgan fingerprint density at radius 1 is 1.41 bits per heavy atom. The molecular weight excluding hydrogens is 210 g/mol. The van der Waals surface area contributed by atoms with E-state index in [1.807, 2.05) is 0 Å². The number of nitrogens with one attached hydrogen (secondary N) is 1. The summed E-state index contributed by atoms with van der Waals surface area (Å²) < 4.78 is 0. The third kappa shape index (κ3) is 2.88. The molecule has 1 aromatic carbocycles. The summed E-state index contributed by atoms with van der Waals surface area (Å²) in [6, 6.07) is 8.79. The SMILES string of the molecule is CC(C)C(CO)c1cccc(C2CCNC2)c1. The molecule has 0 aromatic heterocycles. The fourth-order valence-corrected chi connectivity index (χ4v) is 2.68. The van der Waals surface area contributed by atoms with Crippen molar-refractivity contribution in [2.45, 2.75) is 32.1 Å². The summed E-state index contributed by atoms with van der Waals surface area (Å²) in [5.74, 6) is 1.41. The van der Waals surface area contributed by atoms with Crippen molar-refractivity contribution >= 4 is 0 Å². The van der Waals surface area contributed by atoms with Crippen LogP contribution in [-0.4, -0.2) is 24.8 Å². The van der Waals surface area contributed by atoms with Gasteiger partial charge in [0.05, 0.1) is 6.61 Å². The molecule has 17 heavy (non-hydrogen) atoms. The van der Waals surface area contributed by atoms with E-state index in [1.54, 1.807) is 0 Å². The molecule has 0 amide bonds. The molecule has 2 atom stereocenters. The van der Waals surface area contributed by atoms with Crippen LogP contribution >= 0.6 is 0 Å². The average Bonchev–Trinajstić information content (AvgIpc) is 2.83. The molecular formula is C15H23NO. The van der Waals surface area contributed by atoms with Gasteiger partial charge in [-0.3, -0.25) is 0 Å². The predicted molar refractivity (Wildman–Crippen MR) is 71.3 cm³/mol. The van der Waals surface area contributed by atoms with E-state index in [-0.39, 0.29) is 12.5 Å². The normalized spacial score (nSPS) is 22.0. The molecule has 0 radical (unpaired) electrons. The minimum Gasteiger partial charge on any atom is -0.396 e. The highest BCUT2D eigenvalue weighted by molar-refractivity contribution is 5.30. The van der Waals surface area contributed by atoms with Gasteiger partial charge < -0.3 is 10.4 Å². The first-order valence-corrected chi connectivity index (χ1v) is 6.63. The Morgan fingerprint density at radius 2 is 2.24 bits per heavy atom. The van der Waals surface area contributed by atoms with Crippen molar-refractivity contribution in [2.75, 3.05) is 19.7 Å². The molecule has 0 spiro atoms. The summed E-state index contributed by atoms with van der Waals surface area (Å²) in [7, 11) is 0. The zero-order chi connectivity index (χ0) is 12.3. The molecule has 1 aliphatic rings. The standard InChI is InChI=1S/C15H23NO/c1-11(2)15(10-17)13-5-3-4-12(8-13)14-6-7-16-9-14/h3-5,8,11,14-17H,6-7,9-10H2,1-2H3. The highest BCUT2D eigenvalue weighted by Crippen LogP contribution is 2.28. The van der Waals surface area contributed by atoms with Crippen molar-refractivity contribution in [2.24, 2.45) is 5.92 Å². The van der Waals surface area contributed by atoms with Gasteiger partial charge in [0.2, 0.25) is 0 Å². The Hall–Kier alpha value is -0.860. The zero-order valence-electron chi connectivity index (χ0n) is 10.8. The molecule has 1 heterocycles. The molecule has 1 fully saturated rings. The first-order valence-electron chi connectivity index (χ1n) is 6.63. The van der Waals surface area contributed by atoms with Crippen LogP contribution in [0.5, 0.6) is 0 Å². The molecule has 2 nitrogen and oxygen atoms in total. The maximum absolute atomic E-state index is 9.49. The zero-order valence-corrected chi connectivity index (χ0v) is 10.8. The lowest BCUT2D eigenvalue weighted by Crippen LogP contribution is -2.12. The van der Waals surface area contributed by atoms with Crippen molar-refractivity contribution < 1.29 is 5.11 Å². The van der Waals surface area contributed by atoms with Crippen LogP contribution in [0.4, 0.5) is 0 Å². The van der Waals surface area contributed by atoms with E-state index in [1.165, 1.54) is 17.5 Å². The van der Waals surface area contributed by atoms with E-state index >= 15 is 0 Å². The molecule has 1 aromatic rings. The Morgan fingerprint density at radius 3 is 2.82 bits per heavy atom. The van der Waals surface area contributed by atoms with Crippen molar-refractivity contribution in [1.29, 1.82) is 0 Å². The lowest BCUT2D eigenvalue weighted by atomic mass is 9.86. The Labute approximate surface area is 104 Å². The summed E-state index contributed by atoms with van der Waals surface area (Å²) in [5.41, 5.74) is 2.71. The number of aliphatic hydroxyl groups is 1. The van der Waals surface area contributed by atoms with Crippen molar-refractivity contribution in [1.82, 2.24) is 5.32 Å². The van der Waals surface area contributed by atoms with Gasteiger partial charge in [-0.15, -0.1) is 0 Å². The van der Waals surface area contributed by atoms with Gasteiger partial charge >= 0.3 is 0 Å². The van der Waals surface area contributed by atoms with Crippen LogP contribution in [0, 0.1) is 5.92 Å². The van der Waals surface area contributed by atoms with Gasteiger partial charge in [-0.25, -0.2) is 0 Å². The van der Waals surface area contributed by atoms with Gasteiger partial charge in [-0.2, -0.15) is 0 Å². The predicted octanol–water partition coefficient (Wildman–Crippen LogP) is 2.50.